The summed E-state index contributed by atoms with van der Waals surface area (Å²) in [6.07, 6.45) is 2.83. The lowest BCUT2D eigenvalue weighted by Gasteiger charge is -1.77. The van der Waals surface area contributed by atoms with Crippen LogP contribution in [0.4, 0.5) is 0 Å². The van der Waals surface area contributed by atoms with Crippen LogP contribution in [0.25, 0.3) is 0 Å². The van der Waals surface area contributed by atoms with Gasteiger partial charge in [-0.15, -0.1) is 0 Å². The van der Waals surface area contributed by atoms with E-state index in [1.807, 2.05) is 6.21 Å². The minimum absolute atomic E-state index is 0.963. The lowest BCUT2D eigenvalue weighted by Crippen LogP contribution is -1.60. The minimum Gasteiger partial charge on any atom is -0.224 e. The zero-order valence-electron chi connectivity index (χ0n) is 3.35. The van der Waals surface area contributed by atoms with Crippen LogP contribution < -0.4 is 0 Å². The molecular weight excluding hydrogens is 94.1 g/mol. The maximum Gasteiger partial charge on any atom is 0.0179 e. The Labute approximate surface area is 41.3 Å². The van der Waals surface area contributed by atoms with Gasteiger partial charge in [0.1, 0.15) is 0 Å². The lowest BCUT2D eigenvalue weighted by atomic mass is 10.5. The zero-order chi connectivity index (χ0) is 4.41. The van der Waals surface area contributed by atoms with Gasteiger partial charge in [0.25, 0.3) is 0 Å². The topological polar surface area (TPSA) is 12.4 Å². The summed E-state index contributed by atoms with van der Waals surface area (Å²) in [5, 5.41) is 0. The molecular formula is C4H5NS. The Morgan fingerprint density at radius 1 is 2.00 bits per heavy atom. The van der Waals surface area contributed by atoms with Crippen LogP contribution in [0.5, 0.6) is 0 Å². The van der Waals surface area contributed by atoms with Gasteiger partial charge in [-0.2, -0.15) is 0 Å². The van der Waals surface area contributed by atoms with E-state index in [4.69, 9.17) is 0 Å². The first-order chi connectivity index (χ1) is 2.89. The van der Waals surface area contributed by atoms with Crippen molar-refractivity contribution in [2.24, 2.45) is 4.40 Å². The van der Waals surface area contributed by atoms with Crippen molar-refractivity contribution < 1.29 is 0 Å². The number of nitrogens with zero attached hydrogens (tertiary/aromatic N) is 1. The van der Waals surface area contributed by atoms with Crippen LogP contribution >= 0.6 is 11.9 Å². The maximum absolute atomic E-state index is 3.86. The predicted octanol–water partition coefficient (Wildman–Crippen LogP) is 1.62. The monoisotopic (exact) mass is 99.0 g/mol. The van der Waals surface area contributed by atoms with Crippen molar-refractivity contribution in [3.05, 3.63) is 11.5 Å². The van der Waals surface area contributed by atoms with Gasteiger partial charge >= 0.3 is 0 Å². The molecule has 1 heterocycles. The van der Waals surface area contributed by atoms with Gasteiger partial charge in [-0.25, -0.2) is 4.40 Å². The molecule has 0 amide bonds. The maximum atomic E-state index is 3.86. The molecule has 0 radical (unpaired) electrons. The molecule has 0 fully saturated rings. The van der Waals surface area contributed by atoms with Crippen LogP contribution in [0.2, 0.25) is 0 Å². The molecule has 2 heteroatoms. The average Bonchev–Trinajstić information content (AvgIpc) is 1.86. The third-order valence-electron chi connectivity index (χ3n) is 0.575. The first-order valence-electron chi connectivity index (χ1n) is 1.76. The van der Waals surface area contributed by atoms with Crippen LogP contribution in [0.3, 0.4) is 0 Å². The Morgan fingerprint density at radius 3 is 3.00 bits per heavy atom. The standard InChI is InChI=1S/C4H5NS/c1-4-2-3-5-6-4/h3H,1-2H2. The highest BCUT2D eigenvalue weighted by molar-refractivity contribution is 8.02. The Kier molecular flexibility index (Phi) is 0.965. The molecule has 1 rings (SSSR count). The summed E-state index contributed by atoms with van der Waals surface area (Å²) in [5.41, 5.74) is 0. The van der Waals surface area contributed by atoms with Gasteiger partial charge in [0.15, 0.2) is 0 Å². The summed E-state index contributed by atoms with van der Waals surface area (Å²) >= 11 is 1.47. The van der Waals surface area contributed by atoms with Gasteiger partial charge in [-0.3, -0.25) is 0 Å². The molecule has 0 aliphatic carbocycles. The molecule has 0 bridgehead atoms. The fraction of sp³-hybridized carbons (Fsp3) is 0.250. The van der Waals surface area contributed by atoms with Gasteiger partial charge < -0.3 is 0 Å². The predicted molar refractivity (Wildman–Crippen MR) is 29.8 cm³/mol. The van der Waals surface area contributed by atoms with Crippen molar-refractivity contribution in [3.8, 4) is 0 Å². The van der Waals surface area contributed by atoms with Gasteiger partial charge in [-0.05, 0) is 0 Å². The highest BCUT2D eigenvalue weighted by Gasteiger charge is 1.95. The molecule has 32 valence electrons. The molecule has 0 unspecified atom stereocenters. The normalized spacial score (nSPS) is 19.7. The van der Waals surface area contributed by atoms with Crippen molar-refractivity contribution in [1.29, 1.82) is 0 Å². The second-order valence-electron chi connectivity index (χ2n) is 1.12. The molecule has 0 saturated carbocycles. The number of hydrogen-bond acceptors (Lipinski definition) is 2. The lowest BCUT2D eigenvalue weighted by molar-refractivity contribution is 1.55. The number of hydrogen-bond donors (Lipinski definition) is 0. The fourth-order valence-corrected chi connectivity index (χ4v) is 0.735. The van der Waals surface area contributed by atoms with E-state index in [0.29, 0.717) is 0 Å². The smallest absolute Gasteiger partial charge is 0.0179 e. The zero-order valence-corrected chi connectivity index (χ0v) is 4.16. The number of rotatable bonds is 0. The summed E-state index contributed by atoms with van der Waals surface area (Å²) in [4.78, 5) is 1.15. The largest absolute Gasteiger partial charge is 0.224 e. The van der Waals surface area contributed by atoms with E-state index in [-0.39, 0.29) is 0 Å². The van der Waals surface area contributed by atoms with E-state index in [9.17, 15) is 0 Å². The quantitative estimate of drug-likeness (QED) is 0.420. The van der Waals surface area contributed by atoms with Gasteiger partial charge in [0.05, 0.1) is 0 Å². The van der Waals surface area contributed by atoms with Gasteiger partial charge in [0.2, 0.25) is 0 Å². The number of allylic oxidation sites excluding steroid dienone is 1. The Bertz CT molecular complexity index is 85.7. The van der Waals surface area contributed by atoms with Crippen molar-refractivity contribution in [2.45, 2.75) is 6.42 Å². The first-order valence-corrected chi connectivity index (χ1v) is 2.53. The molecule has 0 atom stereocenters. The SMILES string of the molecule is C=C1CC=NS1. The van der Waals surface area contributed by atoms with Crippen LogP contribution in [0, 0.1) is 0 Å². The molecule has 0 N–H and O–H groups in total. The Hall–Kier alpha value is -0.240. The Balaban J connectivity index is 2.52. The summed E-state index contributed by atoms with van der Waals surface area (Å²) in [7, 11) is 0. The van der Waals surface area contributed by atoms with Crippen molar-refractivity contribution >= 4 is 18.2 Å². The van der Waals surface area contributed by atoms with Crippen LogP contribution in [0.1, 0.15) is 6.42 Å². The summed E-state index contributed by atoms with van der Waals surface area (Å²) in [5.74, 6) is 0. The minimum atomic E-state index is 0.963. The van der Waals surface area contributed by atoms with Crippen molar-refractivity contribution in [1.82, 2.24) is 0 Å². The van der Waals surface area contributed by atoms with Crippen LogP contribution in [-0.2, 0) is 0 Å². The van der Waals surface area contributed by atoms with E-state index >= 15 is 0 Å². The van der Waals surface area contributed by atoms with Crippen LogP contribution in [-0.4, -0.2) is 6.21 Å². The summed E-state index contributed by atoms with van der Waals surface area (Å²) in [6, 6.07) is 0. The van der Waals surface area contributed by atoms with E-state index in [1.54, 1.807) is 0 Å². The van der Waals surface area contributed by atoms with Crippen molar-refractivity contribution in [2.75, 3.05) is 0 Å². The molecule has 0 aromatic rings. The highest BCUT2D eigenvalue weighted by Crippen LogP contribution is 2.21. The van der Waals surface area contributed by atoms with E-state index < -0.39 is 0 Å². The van der Waals surface area contributed by atoms with Gasteiger partial charge in [0, 0.05) is 29.5 Å². The first kappa shape index (κ1) is 3.93. The molecule has 0 spiro atoms. The van der Waals surface area contributed by atoms with Crippen LogP contribution in [0.15, 0.2) is 15.9 Å². The van der Waals surface area contributed by atoms with E-state index in [1.165, 1.54) is 11.9 Å². The molecule has 0 saturated heterocycles. The third kappa shape index (κ3) is 0.627. The average molecular weight is 99.2 g/mol. The molecule has 1 nitrogen and oxygen atoms in total. The Morgan fingerprint density at radius 2 is 2.83 bits per heavy atom. The highest BCUT2D eigenvalue weighted by atomic mass is 32.2. The van der Waals surface area contributed by atoms with E-state index in [2.05, 4.69) is 11.0 Å². The summed E-state index contributed by atoms with van der Waals surface area (Å²) in [6.45, 7) is 3.69. The second-order valence-corrected chi connectivity index (χ2v) is 2.09. The van der Waals surface area contributed by atoms with Crippen molar-refractivity contribution in [3.63, 3.8) is 0 Å². The molecule has 1 aliphatic heterocycles. The third-order valence-corrected chi connectivity index (χ3v) is 1.25. The molecule has 1 aliphatic rings. The summed E-state index contributed by atoms with van der Waals surface area (Å²) < 4.78 is 3.86. The fourth-order valence-electron chi connectivity index (χ4n) is 0.288. The molecule has 6 heavy (non-hydrogen) atoms. The second kappa shape index (κ2) is 1.47. The molecule has 0 aromatic carbocycles. The molecule has 0 aromatic heterocycles. The van der Waals surface area contributed by atoms with Gasteiger partial charge in [-0.1, -0.05) is 6.58 Å². The van der Waals surface area contributed by atoms with E-state index in [0.717, 1.165) is 11.3 Å².